The quantitative estimate of drug-likeness (QED) is 0.0587. The molecule has 4 aromatic rings. The molecule has 1 fully saturated rings. The van der Waals surface area contributed by atoms with Crippen LogP contribution in [-0.2, 0) is 37.2 Å². The van der Waals surface area contributed by atoms with Crippen molar-refractivity contribution < 1.29 is 54.4 Å². The van der Waals surface area contributed by atoms with Gasteiger partial charge in [-0.1, -0.05) is 30.3 Å². The molecule has 16 nitrogen and oxygen atoms in total. The number of aliphatic imine (C=N–C) groups is 1. The van der Waals surface area contributed by atoms with Crippen LogP contribution in [0.25, 0.3) is 0 Å². The topological polar surface area (TPSA) is 273 Å². The summed E-state index contributed by atoms with van der Waals surface area (Å²) in [6, 6.07) is 15.5. The minimum absolute atomic E-state index is 0.0358. The van der Waals surface area contributed by atoms with Gasteiger partial charge in [-0.2, -0.15) is 0 Å². The molecule has 5 unspecified atom stereocenters. The lowest BCUT2D eigenvalue weighted by Gasteiger charge is -2.48. The van der Waals surface area contributed by atoms with Crippen LogP contribution in [0.15, 0.2) is 65.8 Å². The number of phenolic OH excluding ortho intramolecular Hbond substituents is 1. The van der Waals surface area contributed by atoms with E-state index in [1.54, 1.807) is 12.1 Å². The van der Waals surface area contributed by atoms with E-state index < -0.39 is 60.7 Å². The minimum Gasteiger partial charge on any atom is -0.507 e. The molecule has 2 aliphatic rings. The van der Waals surface area contributed by atoms with E-state index >= 15 is 0 Å². The second-order valence-corrected chi connectivity index (χ2v) is 13.7. The van der Waals surface area contributed by atoms with Gasteiger partial charge in [-0.05, 0) is 60.6 Å². The van der Waals surface area contributed by atoms with Gasteiger partial charge in [-0.3, -0.25) is 14.6 Å². The normalized spacial score (nSPS) is 22.0. The Labute approximate surface area is 322 Å². The maximum absolute atomic E-state index is 14.6. The Kier molecular flexibility index (Phi) is 11.9. The van der Waals surface area contributed by atoms with Crippen LogP contribution in [0.2, 0.25) is 0 Å². The van der Waals surface area contributed by atoms with E-state index in [-0.39, 0.29) is 70.5 Å². The highest BCUT2D eigenvalue weighted by Gasteiger charge is 2.55. The highest BCUT2D eigenvalue weighted by molar-refractivity contribution is 6.31. The number of carbonyl (C=O) groups excluding carboxylic acids is 2. The maximum atomic E-state index is 14.6. The van der Waals surface area contributed by atoms with Crippen molar-refractivity contribution in [3.63, 3.8) is 0 Å². The number of nitrogen functional groups attached to an aromatic ring is 1. The number of benzene rings is 3. The van der Waals surface area contributed by atoms with Crippen molar-refractivity contribution in [2.24, 2.45) is 10.7 Å². The number of rotatable bonds is 13. The first kappa shape index (κ1) is 40.1. The second kappa shape index (κ2) is 16.6. The van der Waals surface area contributed by atoms with Gasteiger partial charge in [0.25, 0.3) is 0 Å². The van der Waals surface area contributed by atoms with Crippen molar-refractivity contribution in [1.82, 2.24) is 10.3 Å². The molecule has 0 saturated carbocycles. The molecule has 1 aliphatic carbocycles. The molecule has 1 aromatic heterocycles. The highest BCUT2D eigenvalue weighted by Crippen LogP contribution is 2.45. The predicted octanol–water partition coefficient (Wildman–Crippen LogP) is 0.647. The number of aromatic hydroxyl groups is 1. The summed E-state index contributed by atoms with van der Waals surface area (Å²) in [6.45, 7) is -1.58. The van der Waals surface area contributed by atoms with Gasteiger partial charge in [0.1, 0.15) is 47.0 Å². The average molecular weight is 772 g/mol. The van der Waals surface area contributed by atoms with Gasteiger partial charge >= 0.3 is 0 Å². The first-order valence-corrected chi connectivity index (χ1v) is 17.9. The number of nitrogens with two attached hydrogens (primary N) is 2. The zero-order chi connectivity index (χ0) is 40.3. The van der Waals surface area contributed by atoms with Crippen molar-refractivity contribution in [3.05, 3.63) is 111 Å². The average Bonchev–Trinajstić information content (AvgIpc) is 3.20. The molecule has 56 heavy (non-hydrogen) atoms. The number of ether oxygens (including phenoxy) is 3. The van der Waals surface area contributed by atoms with E-state index in [4.69, 9.17) is 25.7 Å². The van der Waals surface area contributed by atoms with Crippen LogP contribution in [0.1, 0.15) is 66.1 Å². The molecular formula is C40H45N5O11. The molecule has 3 aromatic carbocycles. The van der Waals surface area contributed by atoms with Gasteiger partial charge in [0.05, 0.1) is 31.5 Å². The number of aromatic nitrogens is 1. The van der Waals surface area contributed by atoms with Gasteiger partial charge in [-0.15, -0.1) is 0 Å². The number of carbonyl (C=O) groups is 2. The fraction of sp³-hybridized carbons (Fsp3) is 0.350. The van der Waals surface area contributed by atoms with Crippen LogP contribution in [0.5, 0.6) is 17.2 Å². The Balaban J connectivity index is 1.39. The lowest BCUT2D eigenvalue weighted by atomic mass is 9.78. The first-order valence-electron chi connectivity index (χ1n) is 17.9. The summed E-state index contributed by atoms with van der Waals surface area (Å²) >= 11 is 0. The van der Waals surface area contributed by atoms with Crippen LogP contribution >= 0.6 is 0 Å². The summed E-state index contributed by atoms with van der Waals surface area (Å²) in [6.07, 6.45) is -4.81. The number of anilines is 1. The third kappa shape index (κ3) is 7.49. The van der Waals surface area contributed by atoms with Crippen LogP contribution in [-0.4, -0.2) is 104 Å². The number of nitrogens with zero attached hydrogens (tertiary/aromatic N) is 2. The molecule has 5 atom stereocenters. The molecule has 16 heteroatoms. The molecule has 0 radical (unpaired) electrons. The van der Waals surface area contributed by atoms with E-state index in [0.717, 1.165) is 5.56 Å². The third-order valence-corrected chi connectivity index (χ3v) is 10.4. The second-order valence-electron chi connectivity index (χ2n) is 13.7. The lowest BCUT2D eigenvalue weighted by molar-refractivity contribution is -0.314. The molecule has 1 saturated heterocycles. The van der Waals surface area contributed by atoms with Crippen LogP contribution < -0.4 is 26.3 Å². The molecular weight excluding hydrogens is 726 g/mol. The van der Waals surface area contributed by atoms with Crippen molar-refractivity contribution in [2.45, 2.75) is 69.0 Å². The van der Waals surface area contributed by atoms with Crippen LogP contribution in [0.4, 0.5) is 5.82 Å². The van der Waals surface area contributed by atoms with Crippen molar-refractivity contribution in [3.8, 4) is 17.2 Å². The summed E-state index contributed by atoms with van der Waals surface area (Å²) in [7, 11) is 2.76. The maximum Gasteiger partial charge on any atom is 0.229 e. The molecule has 1 aliphatic heterocycles. The zero-order valence-electron chi connectivity index (χ0n) is 30.8. The molecule has 0 amide bonds. The number of nitrogens with one attached hydrogen (secondary N) is 1. The number of aryl methyl sites for hydroxylation is 3. The molecule has 11 N–H and O–H groups in total. The van der Waals surface area contributed by atoms with Gasteiger partial charge in [0.15, 0.2) is 11.7 Å². The number of ketones is 2. The number of aliphatic hydroxyl groups is 5. The number of methoxy groups -OCH3 is 1. The summed E-state index contributed by atoms with van der Waals surface area (Å²) in [4.78, 5) is 37.0. The number of hydrogen-bond donors (Lipinski definition) is 9. The van der Waals surface area contributed by atoms with E-state index in [9.17, 15) is 40.2 Å². The lowest BCUT2D eigenvalue weighted by Crippen LogP contribution is -2.68. The van der Waals surface area contributed by atoms with Crippen molar-refractivity contribution >= 4 is 23.3 Å². The number of guanidine groups is 1. The smallest absolute Gasteiger partial charge is 0.229 e. The number of fused-ring (bicyclic) bond motifs is 2. The first-order chi connectivity index (χ1) is 26.9. The van der Waals surface area contributed by atoms with Crippen LogP contribution in [0, 0.1) is 0 Å². The fourth-order valence-electron chi connectivity index (χ4n) is 7.34. The Morgan fingerprint density at radius 1 is 0.964 bits per heavy atom. The summed E-state index contributed by atoms with van der Waals surface area (Å²) in [5, 5.41) is 69.7. The third-order valence-electron chi connectivity index (χ3n) is 10.4. The SMILES string of the molecule is CN=C(N)NCc1c(CCc2ccccc2)cc2c(c1O)C(=O)c1c(OC3OC(CO)C(O)(CCc4ccnc(N)c4)C(O)C3O)cc(OC)c(CO)c1C2=O. The molecule has 6 rings (SSSR count). The van der Waals surface area contributed by atoms with Gasteiger partial charge in [0.2, 0.25) is 12.1 Å². The molecule has 2 heterocycles. The van der Waals surface area contributed by atoms with E-state index in [0.29, 0.717) is 29.5 Å². The monoisotopic (exact) mass is 771 g/mol. The number of aliphatic hydroxyl groups excluding tert-OH is 4. The number of hydrogen-bond acceptors (Lipinski definition) is 14. The minimum atomic E-state index is -2.17. The Hall–Kier alpha value is -5.62. The summed E-state index contributed by atoms with van der Waals surface area (Å²) in [5.41, 5.74) is 10.9. The molecule has 0 bridgehead atoms. The molecule has 296 valence electrons. The standard InChI is InChI=1S/C40H45N5O11/c1-43-39(42)45-17-24-22(9-8-20-6-4-3-5-7-20)15-23-31(34(24)49)35(50)32-27(16-26(54-2)25(18-46)30(32)33(23)48)55-38-36(51)37(52)40(53,28(19-47)56-38)12-10-21-11-13-44-29(41)14-21/h3-7,11,13-16,28,36-38,46-47,49,51-53H,8-10,12,17-19H2,1-2H3,(H2,41,44)(H3,42,43,45). The summed E-state index contributed by atoms with van der Waals surface area (Å²) in [5.74, 6) is -2.16. The highest BCUT2D eigenvalue weighted by atomic mass is 16.7. The van der Waals surface area contributed by atoms with E-state index in [1.807, 2.05) is 30.3 Å². The van der Waals surface area contributed by atoms with Gasteiger partial charge in [-0.25, -0.2) is 4.98 Å². The van der Waals surface area contributed by atoms with Crippen LogP contribution in [0.3, 0.4) is 0 Å². The Bertz CT molecular complexity index is 2140. The van der Waals surface area contributed by atoms with Gasteiger partial charge in [0, 0.05) is 48.1 Å². The summed E-state index contributed by atoms with van der Waals surface area (Å²) < 4.78 is 17.4. The fourth-order valence-corrected chi connectivity index (χ4v) is 7.34. The zero-order valence-corrected chi connectivity index (χ0v) is 30.8. The number of phenols is 1. The Morgan fingerprint density at radius 2 is 1.71 bits per heavy atom. The van der Waals surface area contributed by atoms with Gasteiger partial charge < -0.3 is 61.6 Å². The van der Waals surface area contributed by atoms with E-state index in [1.165, 1.54) is 32.5 Å². The van der Waals surface area contributed by atoms with Crippen molar-refractivity contribution in [1.29, 1.82) is 0 Å². The predicted molar refractivity (Wildman–Crippen MR) is 202 cm³/mol. The van der Waals surface area contributed by atoms with Crippen molar-refractivity contribution in [2.75, 3.05) is 26.5 Å². The number of pyridine rings is 1. The van der Waals surface area contributed by atoms with E-state index in [2.05, 4.69) is 15.3 Å². The largest absolute Gasteiger partial charge is 0.507 e. The Morgan fingerprint density at radius 3 is 2.38 bits per heavy atom. The molecule has 0 spiro atoms.